The topological polar surface area (TPSA) is 120 Å². The van der Waals surface area contributed by atoms with Crippen molar-refractivity contribution in [3.05, 3.63) is 106 Å². The fourth-order valence-corrected chi connectivity index (χ4v) is 4.31. The molecule has 0 aliphatic carbocycles. The molecule has 0 saturated carbocycles. The molecule has 11 heteroatoms. The van der Waals surface area contributed by atoms with E-state index in [0.29, 0.717) is 33.5 Å². The minimum Gasteiger partial charge on any atom is -0.497 e. The molecule has 0 aliphatic rings. The molecule has 0 unspecified atom stereocenters. The Bertz CT molecular complexity index is 1610. The number of thiazole rings is 1. The van der Waals surface area contributed by atoms with Crippen LogP contribution in [0.15, 0.2) is 94.4 Å². The normalized spacial score (nSPS) is 11.1. The second kappa shape index (κ2) is 10.3. The van der Waals surface area contributed by atoms with Crippen molar-refractivity contribution in [1.29, 1.82) is 0 Å². The Hall–Kier alpha value is -5.03. The first-order chi connectivity index (χ1) is 18.0. The molecule has 1 amide bonds. The van der Waals surface area contributed by atoms with Crippen molar-refractivity contribution in [3.8, 4) is 17.2 Å². The molecule has 0 spiro atoms. The third kappa shape index (κ3) is 5.31. The minimum atomic E-state index is -0.653. The molecule has 0 aliphatic heterocycles. The van der Waals surface area contributed by atoms with Crippen LogP contribution in [0.2, 0.25) is 0 Å². The first-order valence-electron chi connectivity index (χ1n) is 10.9. The summed E-state index contributed by atoms with van der Waals surface area (Å²) in [7, 11) is 1.57. The molecule has 5 aromatic rings. The highest BCUT2D eigenvalue weighted by atomic mass is 32.1. The van der Waals surface area contributed by atoms with Gasteiger partial charge < -0.3 is 13.9 Å². The van der Waals surface area contributed by atoms with Crippen LogP contribution in [0.3, 0.4) is 0 Å². The molecular weight excluding hydrogens is 496 g/mol. The van der Waals surface area contributed by atoms with Gasteiger partial charge in [-0.3, -0.25) is 14.9 Å². The highest BCUT2D eigenvalue weighted by molar-refractivity contribution is 7.22. The first kappa shape index (κ1) is 23.7. The summed E-state index contributed by atoms with van der Waals surface area (Å²) in [5.41, 5.74) is 0.955. The minimum absolute atomic E-state index is 0.105. The number of benzene rings is 3. The van der Waals surface area contributed by atoms with Crippen molar-refractivity contribution < 1.29 is 23.6 Å². The number of para-hydroxylation sites is 1. The SMILES string of the molecule is COc1ccc2nc(N(/N=C/c3ccc([N+](=O)[O-])o3)C(=O)c3cccc(Oc4ccccc4)c3)sc2c1. The molecule has 37 heavy (non-hydrogen) atoms. The lowest BCUT2D eigenvalue weighted by Gasteiger charge is -2.14. The predicted octanol–water partition coefficient (Wildman–Crippen LogP) is 6.28. The molecular formula is C26H18N4O6S. The van der Waals surface area contributed by atoms with Gasteiger partial charge in [-0.05, 0) is 54.6 Å². The van der Waals surface area contributed by atoms with Crippen molar-refractivity contribution >= 4 is 44.7 Å². The van der Waals surface area contributed by atoms with Crippen LogP contribution >= 0.6 is 11.3 Å². The number of aromatic nitrogens is 1. The average Bonchev–Trinajstić information content (AvgIpc) is 3.56. The van der Waals surface area contributed by atoms with Gasteiger partial charge >= 0.3 is 5.88 Å². The van der Waals surface area contributed by atoms with Gasteiger partial charge in [-0.25, -0.2) is 4.98 Å². The van der Waals surface area contributed by atoms with E-state index in [1.165, 1.54) is 29.7 Å². The van der Waals surface area contributed by atoms with Crippen LogP contribution in [0, 0.1) is 10.1 Å². The Morgan fingerprint density at radius 1 is 1.03 bits per heavy atom. The third-order valence-electron chi connectivity index (χ3n) is 5.11. The maximum absolute atomic E-state index is 13.6. The van der Waals surface area contributed by atoms with Crippen LogP contribution in [-0.4, -0.2) is 29.1 Å². The number of hydrogen-bond donors (Lipinski definition) is 0. The maximum Gasteiger partial charge on any atom is 0.433 e. The summed E-state index contributed by atoms with van der Waals surface area (Å²) < 4.78 is 17.1. The molecule has 2 aromatic heterocycles. The van der Waals surface area contributed by atoms with Crippen LogP contribution in [0.4, 0.5) is 11.0 Å². The Balaban J connectivity index is 1.51. The Kier molecular flexibility index (Phi) is 6.60. The van der Waals surface area contributed by atoms with Crippen molar-refractivity contribution in [1.82, 2.24) is 4.98 Å². The van der Waals surface area contributed by atoms with Crippen molar-refractivity contribution in [3.63, 3.8) is 0 Å². The molecule has 0 atom stereocenters. The molecule has 184 valence electrons. The van der Waals surface area contributed by atoms with E-state index in [9.17, 15) is 14.9 Å². The zero-order valence-corrected chi connectivity index (χ0v) is 20.1. The number of hydrogen-bond acceptors (Lipinski definition) is 9. The van der Waals surface area contributed by atoms with Crippen LogP contribution < -0.4 is 14.5 Å². The standard InChI is InChI=1S/C26H18N4O6S/c1-34-19-10-12-22-23(15-19)37-26(28-22)29(27-16-21-11-13-24(36-21)30(32)33)25(31)17-6-5-9-20(14-17)35-18-7-3-2-4-8-18/h2-16H,1H3/b27-16+. The number of carbonyl (C=O) groups is 1. The summed E-state index contributed by atoms with van der Waals surface area (Å²) in [6, 6.07) is 23.8. The lowest BCUT2D eigenvalue weighted by atomic mass is 10.2. The number of nitrogens with zero attached hydrogens (tertiary/aromatic N) is 4. The van der Waals surface area contributed by atoms with Crippen molar-refractivity contribution in [2.24, 2.45) is 5.10 Å². The van der Waals surface area contributed by atoms with Gasteiger partial charge in [0.05, 0.1) is 29.6 Å². The number of nitro groups is 1. The Labute approximate surface area is 214 Å². The lowest BCUT2D eigenvalue weighted by molar-refractivity contribution is -0.402. The number of furan rings is 1. The second-order valence-electron chi connectivity index (χ2n) is 7.57. The number of hydrazone groups is 1. The molecule has 3 aromatic carbocycles. The zero-order valence-electron chi connectivity index (χ0n) is 19.3. The highest BCUT2D eigenvalue weighted by Crippen LogP contribution is 2.33. The highest BCUT2D eigenvalue weighted by Gasteiger charge is 2.22. The molecule has 0 fully saturated rings. The van der Waals surface area contributed by atoms with Crippen molar-refractivity contribution in [2.75, 3.05) is 12.1 Å². The summed E-state index contributed by atoms with van der Waals surface area (Å²) >= 11 is 1.24. The van der Waals surface area contributed by atoms with E-state index >= 15 is 0 Å². The van der Waals surface area contributed by atoms with Crippen molar-refractivity contribution in [2.45, 2.75) is 0 Å². The van der Waals surface area contributed by atoms with E-state index in [1.807, 2.05) is 36.4 Å². The quantitative estimate of drug-likeness (QED) is 0.136. The van der Waals surface area contributed by atoms with Gasteiger partial charge in [-0.2, -0.15) is 10.1 Å². The summed E-state index contributed by atoms with van der Waals surface area (Å²) in [6.07, 6.45) is 1.22. The number of ether oxygens (including phenoxy) is 2. The largest absolute Gasteiger partial charge is 0.497 e. The van der Waals surface area contributed by atoms with Crippen LogP contribution in [0.1, 0.15) is 16.1 Å². The zero-order chi connectivity index (χ0) is 25.8. The molecule has 0 N–H and O–H groups in total. The molecule has 2 heterocycles. The fourth-order valence-electron chi connectivity index (χ4n) is 3.36. The van der Waals surface area contributed by atoms with Gasteiger partial charge in [0.25, 0.3) is 5.91 Å². The van der Waals surface area contributed by atoms with Gasteiger partial charge in [-0.15, -0.1) is 0 Å². The first-order valence-corrected chi connectivity index (χ1v) is 11.7. The summed E-state index contributed by atoms with van der Waals surface area (Å²) in [4.78, 5) is 28.5. The van der Waals surface area contributed by atoms with Crippen LogP contribution in [-0.2, 0) is 0 Å². The summed E-state index contributed by atoms with van der Waals surface area (Å²) in [5.74, 6) is 0.934. The van der Waals surface area contributed by atoms with Gasteiger partial charge in [-0.1, -0.05) is 35.6 Å². The van der Waals surface area contributed by atoms with Gasteiger partial charge in [0.15, 0.2) is 5.76 Å². The van der Waals surface area contributed by atoms with Crippen LogP contribution in [0.5, 0.6) is 17.2 Å². The Morgan fingerprint density at radius 2 is 1.84 bits per heavy atom. The number of methoxy groups -OCH3 is 1. The lowest BCUT2D eigenvalue weighted by Crippen LogP contribution is -2.25. The second-order valence-corrected chi connectivity index (χ2v) is 8.58. The third-order valence-corrected chi connectivity index (χ3v) is 6.10. The summed E-state index contributed by atoms with van der Waals surface area (Å²) in [6.45, 7) is 0. The number of carbonyl (C=O) groups excluding carboxylic acids is 1. The van der Waals surface area contributed by atoms with Gasteiger partial charge in [0.1, 0.15) is 22.2 Å². The molecule has 0 radical (unpaired) electrons. The molecule has 0 saturated heterocycles. The van der Waals surface area contributed by atoms with Gasteiger partial charge in [0, 0.05) is 5.56 Å². The molecule has 5 rings (SSSR count). The number of fused-ring (bicyclic) bond motifs is 1. The maximum atomic E-state index is 13.6. The van der Waals surface area contributed by atoms with E-state index in [4.69, 9.17) is 13.9 Å². The van der Waals surface area contributed by atoms with E-state index in [0.717, 1.165) is 9.71 Å². The smallest absolute Gasteiger partial charge is 0.433 e. The van der Waals surface area contributed by atoms with E-state index in [2.05, 4.69) is 10.1 Å². The molecule has 0 bridgehead atoms. The predicted molar refractivity (Wildman–Crippen MR) is 139 cm³/mol. The van der Waals surface area contributed by atoms with Gasteiger partial charge in [0.2, 0.25) is 5.13 Å². The fraction of sp³-hybridized carbons (Fsp3) is 0.0385. The van der Waals surface area contributed by atoms with E-state index in [-0.39, 0.29) is 5.76 Å². The Morgan fingerprint density at radius 3 is 2.59 bits per heavy atom. The number of rotatable bonds is 8. The number of amides is 1. The average molecular weight is 515 g/mol. The van der Waals surface area contributed by atoms with Crippen LogP contribution in [0.25, 0.3) is 10.2 Å². The summed E-state index contributed by atoms with van der Waals surface area (Å²) in [5, 5.41) is 16.6. The number of anilines is 1. The van der Waals surface area contributed by atoms with E-state index in [1.54, 1.807) is 43.5 Å². The van der Waals surface area contributed by atoms with E-state index < -0.39 is 16.7 Å². The monoisotopic (exact) mass is 514 g/mol. The molecule has 10 nitrogen and oxygen atoms in total.